The Hall–Kier alpha value is -1.62. The van der Waals surface area contributed by atoms with Gasteiger partial charge < -0.3 is 4.90 Å². The average Bonchev–Trinajstić information content (AvgIpc) is 2.62. The lowest BCUT2D eigenvalue weighted by atomic mass is 10.00. The lowest BCUT2D eigenvalue weighted by Crippen LogP contribution is -2.43. The predicted octanol–water partition coefficient (Wildman–Crippen LogP) is 2.95. The molecule has 0 amide bonds. The van der Waals surface area contributed by atoms with Crippen LogP contribution in [0.2, 0.25) is 5.02 Å². The number of ketones is 1. The molecule has 0 N–H and O–H groups in total. The third-order valence-electron chi connectivity index (χ3n) is 3.96. The highest BCUT2D eigenvalue weighted by Crippen LogP contribution is 2.42. The smallest absolute Gasteiger partial charge is 0.294 e. The summed E-state index contributed by atoms with van der Waals surface area (Å²) in [6.45, 7) is 0. The SMILES string of the molecule is O=C1CC2CCC(C1)N2c1ccc(Cl)cc1[N+](=O)[O-]. The van der Waals surface area contributed by atoms with Crippen LogP contribution in [0.1, 0.15) is 25.7 Å². The van der Waals surface area contributed by atoms with E-state index >= 15 is 0 Å². The van der Waals surface area contributed by atoms with E-state index in [1.54, 1.807) is 12.1 Å². The minimum Gasteiger partial charge on any atom is -0.359 e. The Morgan fingerprint density at radius 2 is 1.89 bits per heavy atom. The number of anilines is 1. The highest BCUT2D eigenvalue weighted by Gasteiger charge is 2.42. The maximum absolute atomic E-state index is 11.6. The van der Waals surface area contributed by atoms with E-state index in [-0.39, 0.29) is 23.6 Å². The molecule has 0 saturated carbocycles. The minimum atomic E-state index is -0.406. The number of hydrogen-bond acceptors (Lipinski definition) is 4. The van der Waals surface area contributed by atoms with Crippen molar-refractivity contribution >= 4 is 28.8 Å². The summed E-state index contributed by atoms with van der Waals surface area (Å²) in [7, 11) is 0. The van der Waals surface area contributed by atoms with Gasteiger partial charge in [0.2, 0.25) is 0 Å². The molecule has 6 heteroatoms. The van der Waals surface area contributed by atoms with Gasteiger partial charge >= 0.3 is 0 Å². The Balaban J connectivity index is 2.03. The van der Waals surface area contributed by atoms with Crippen LogP contribution in [0.25, 0.3) is 0 Å². The molecule has 2 aliphatic rings. The summed E-state index contributed by atoms with van der Waals surface area (Å²) in [4.78, 5) is 24.4. The molecule has 5 nitrogen and oxygen atoms in total. The van der Waals surface area contributed by atoms with Crippen molar-refractivity contribution in [2.24, 2.45) is 0 Å². The second kappa shape index (κ2) is 4.49. The van der Waals surface area contributed by atoms with Crippen LogP contribution in [0.5, 0.6) is 0 Å². The van der Waals surface area contributed by atoms with E-state index in [4.69, 9.17) is 11.6 Å². The van der Waals surface area contributed by atoms with Gasteiger partial charge in [-0.2, -0.15) is 0 Å². The normalized spacial score (nSPS) is 25.7. The van der Waals surface area contributed by atoms with E-state index in [2.05, 4.69) is 4.90 Å². The van der Waals surface area contributed by atoms with Gasteiger partial charge in [-0.3, -0.25) is 14.9 Å². The van der Waals surface area contributed by atoms with Gasteiger partial charge in [-0.05, 0) is 25.0 Å². The number of carbonyl (C=O) groups is 1. The summed E-state index contributed by atoms with van der Waals surface area (Å²) < 4.78 is 0. The lowest BCUT2D eigenvalue weighted by Gasteiger charge is -2.35. The maximum Gasteiger partial charge on any atom is 0.294 e. The van der Waals surface area contributed by atoms with Crippen LogP contribution in [0.4, 0.5) is 11.4 Å². The molecule has 0 aliphatic carbocycles. The Labute approximate surface area is 115 Å². The van der Waals surface area contributed by atoms with E-state index in [0.717, 1.165) is 12.8 Å². The molecular formula is C13H13ClN2O3. The lowest BCUT2D eigenvalue weighted by molar-refractivity contribution is -0.384. The summed E-state index contributed by atoms with van der Waals surface area (Å²) >= 11 is 5.83. The van der Waals surface area contributed by atoms with Gasteiger partial charge in [-0.25, -0.2) is 0 Å². The number of piperidine rings is 1. The molecule has 1 aromatic rings. The molecule has 0 radical (unpaired) electrons. The van der Waals surface area contributed by atoms with Crippen LogP contribution in [-0.4, -0.2) is 22.8 Å². The van der Waals surface area contributed by atoms with Gasteiger partial charge in [0.15, 0.2) is 0 Å². The van der Waals surface area contributed by atoms with Gasteiger partial charge in [-0.1, -0.05) is 11.6 Å². The molecule has 2 atom stereocenters. The Bertz CT molecular complexity index is 545. The summed E-state index contributed by atoms with van der Waals surface area (Å²) in [6, 6.07) is 4.95. The summed E-state index contributed by atoms with van der Waals surface area (Å²) in [5, 5.41) is 11.5. The molecule has 19 heavy (non-hydrogen) atoms. The van der Waals surface area contributed by atoms with E-state index in [1.807, 2.05) is 0 Å². The van der Waals surface area contributed by atoms with E-state index in [1.165, 1.54) is 6.07 Å². The van der Waals surface area contributed by atoms with Gasteiger partial charge in [0, 0.05) is 36.0 Å². The number of fused-ring (bicyclic) bond motifs is 2. The van der Waals surface area contributed by atoms with Crippen molar-refractivity contribution in [3.05, 3.63) is 33.3 Å². The molecule has 100 valence electrons. The number of nitrogens with zero attached hydrogens (tertiary/aromatic N) is 2. The van der Waals surface area contributed by atoms with E-state index in [0.29, 0.717) is 23.6 Å². The number of nitro benzene ring substituents is 1. The molecule has 2 unspecified atom stereocenters. The fraction of sp³-hybridized carbons (Fsp3) is 0.462. The molecule has 3 rings (SSSR count). The molecule has 2 aliphatic heterocycles. The predicted molar refractivity (Wildman–Crippen MR) is 71.6 cm³/mol. The maximum atomic E-state index is 11.6. The van der Waals surface area contributed by atoms with E-state index in [9.17, 15) is 14.9 Å². The van der Waals surface area contributed by atoms with Crippen molar-refractivity contribution in [2.75, 3.05) is 4.90 Å². The van der Waals surface area contributed by atoms with Gasteiger partial charge in [0.05, 0.1) is 4.92 Å². The third-order valence-corrected chi connectivity index (χ3v) is 4.19. The van der Waals surface area contributed by atoms with Crippen molar-refractivity contribution in [2.45, 2.75) is 37.8 Å². The minimum absolute atomic E-state index is 0.0266. The van der Waals surface area contributed by atoms with Crippen molar-refractivity contribution < 1.29 is 9.72 Å². The largest absolute Gasteiger partial charge is 0.359 e. The fourth-order valence-electron chi connectivity index (χ4n) is 3.23. The molecule has 2 saturated heterocycles. The summed E-state index contributed by atoms with van der Waals surface area (Å²) in [6.07, 6.45) is 2.85. The topological polar surface area (TPSA) is 63.5 Å². The molecule has 2 fully saturated rings. The summed E-state index contributed by atoms with van der Waals surface area (Å²) in [5.74, 6) is 0.264. The van der Waals surface area contributed by atoms with Crippen molar-refractivity contribution in [3.63, 3.8) is 0 Å². The highest BCUT2D eigenvalue weighted by molar-refractivity contribution is 6.30. The zero-order valence-electron chi connectivity index (χ0n) is 10.2. The molecular weight excluding hydrogens is 268 g/mol. The van der Waals surface area contributed by atoms with Crippen LogP contribution in [0, 0.1) is 10.1 Å². The Morgan fingerprint density at radius 3 is 2.47 bits per heavy atom. The van der Waals surface area contributed by atoms with Crippen LogP contribution in [-0.2, 0) is 4.79 Å². The first-order chi connectivity index (χ1) is 9.06. The number of nitro groups is 1. The van der Waals surface area contributed by atoms with Crippen LogP contribution in [0.15, 0.2) is 18.2 Å². The number of hydrogen-bond donors (Lipinski definition) is 0. The second-order valence-electron chi connectivity index (χ2n) is 5.13. The average molecular weight is 281 g/mol. The monoisotopic (exact) mass is 280 g/mol. The molecule has 0 spiro atoms. The van der Waals surface area contributed by atoms with Crippen LogP contribution in [0.3, 0.4) is 0 Å². The zero-order valence-corrected chi connectivity index (χ0v) is 11.0. The molecule has 2 bridgehead atoms. The fourth-order valence-corrected chi connectivity index (χ4v) is 3.39. The van der Waals surface area contributed by atoms with Crippen LogP contribution < -0.4 is 4.90 Å². The molecule has 1 aromatic carbocycles. The molecule has 2 heterocycles. The number of Topliss-reactive ketones (excluding diaryl/α,β-unsaturated/α-hetero) is 1. The van der Waals surface area contributed by atoms with Gasteiger partial charge in [-0.15, -0.1) is 0 Å². The highest BCUT2D eigenvalue weighted by atomic mass is 35.5. The number of rotatable bonds is 2. The first-order valence-electron chi connectivity index (χ1n) is 6.30. The number of benzene rings is 1. The van der Waals surface area contributed by atoms with Crippen molar-refractivity contribution in [1.82, 2.24) is 0 Å². The standard InChI is InChI=1S/C13H13ClN2O3/c14-8-1-4-12(13(5-8)16(18)19)15-9-2-3-10(15)7-11(17)6-9/h1,4-5,9-10H,2-3,6-7H2. The molecule has 0 aromatic heterocycles. The van der Waals surface area contributed by atoms with E-state index < -0.39 is 4.92 Å². The third kappa shape index (κ3) is 2.08. The Morgan fingerprint density at radius 1 is 1.26 bits per heavy atom. The first kappa shape index (κ1) is 12.4. The van der Waals surface area contributed by atoms with Crippen LogP contribution >= 0.6 is 11.6 Å². The van der Waals surface area contributed by atoms with Crippen molar-refractivity contribution in [3.8, 4) is 0 Å². The number of halogens is 1. The zero-order chi connectivity index (χ0) is 13.6. The quantitative estimate of drug-likeness (QED) is 0.617. The van der Waals surface area contributed by atoms with Gasteiger partial charge in [0.1, 0.15) is 11.5 Å². The second-order valence-corrected chi connectivity index (χ2v) is 5.57. The first-order valence-corrected chi connectivity index (χ1v) is 6.68. The summed E-state index contributed by atoms with van der Waals surface area (Å²) in [5.41, 5.74) is 0.619. The Kier molecular flexibility index (Phi) is 2.93. The van der Waals surface area contributed by atoms with Crippen molar-refractivity contribution in [1.29, 1.82) is 0 Å². The van der Waals surface area contributed by atoms with Gasteiger partial charge in [0.25, 0.3) is 5.69 Å². The number of carbonyl (C=O) groups excluding carboxylic acids is 1.